The van der Waals surface area contributed by atoms with E-state index >= 15 is 0 Å². The van der Waals surface area contributed by atoms with Crippen molar-refractivity contribution in [3.05, 3.63) is 25.0 Å². The number of ether oxygens (including phenoxy) is 1. The van der Waals surface area contributed by atoms with Gasteiger partial charge in [-0.25, -0.2) is 19.9 Å². The third kappa shape index (κ3) is 2.30. The fraction of sp³-hybridized carbons (Fsp3) is 0.385. The Morgan fingerprint density at radius 2 is 2.08 bits per heavy atom. The second-order valence-corrected chi connectivity index (χ2v) is 5.34. The maximum atomic E-state index is 10.2. The highest BCUT2D eigenvalue weighted by atomic mass is 16.6. The molecule has 1 aliphatic rings. The van der Waals surface area contributed by atoms with Crippen LogP contribution in [0.4, 0.5) is 11.8 Å². The van der Waals surface area contributed by atoms with Crippen LogP contribution >= 0.6 is 0 Å². The van der Waals surface area contributed by atoms with Crippen molar-refractivity contribution < 1.29 is 20.1 Å². The Kier molecular flexibility index (Phi) is 3.61. The number of fused-ring (bicyclic) bond motifs is 1. The Labute approximate surface area is 135 Å². The van der Waals surface area contributed by atoms with E-state index < -0.39 is 31.1 Å². The van der Waals surface area contributed by atoms with E-state index in [9.17, 15) is 15.3 Å². The van der Waals surface area contributed by atoms with E-state index in [0.717, 1.165) is 0 Å². The number of aromatic amines is 1. The number of aliphatic hydroxyl groups is 3. The third-order valence-corrected chi connectivity index (χ3v) is 3.89. The smallest absolute Gasteiger partial charge is 0.205 e. The predicted octanol–water partition coefficient (Wildman–Crippen LogP) is -1.10. The molecule has 0 radical (unpaired) electrons. The van der Waals surface area contributed by atoms with Crippen LogP contribution in [0.5, 0.6) is 0 Å². The van der Waals surface area contributed by atoms with Gasteiger partial charge in [-0.05, 0) is 0 Å². The average Bonchev–Trinajstić information content (AvgIpc) is 3.30. The summed E-state index contributed by atoms with van der Waals surface area (Å²) in [4.78, 5) is 19.5. The molecule has 11 heteroatoms. The quantitative estimate of drug-likeness (QED) is 0.400. The minimum Gasteiger partial charge on any atom is -0.394 e. The number of aliphatic hydroxyl groups excluding tert-OH is 3. The molecule has 1 fully saturated rings. The van der Waals surface area contributed by atoms with Gasteiger partial charge in [0.15, 0.2) is 23.2 Å². The zero-order valence-electron chi connectivity index (χ0n) is 12.3. The van der Waals surface area contributed by atoms with Crippen LogP contribution in [0, 0.1) is 0 Å². The van der Waals surface area contributed by atoms with Crippen molar-refractivity contribution in [2.24, 2.45) is 0 Å². The van der Waals surface area contributed by atoms with E-state index in [4.69, 9.17) is 4.74 Å². The Bertz CT molecular complexity index is 836. The summed E-state index contributed by atoms with van der Waals surface area (Å²) in [6.45, 7) is -0.401. The summed E-state index contributed by atoms with van der Waals surface area (Å²) in [6.07, 6.45) is 1.85. The topological polar surface area (TPSA) is 154 Å². The van der Waals surface area contributed by atoms with Crippen LogP contribution in [-0.2, 0) is 4.74 Å². The van der Waals surface area contributed by atoms with Gasteiger partial charge < -0.3 is 30.4 Å². The second kappa shape index (κ2) is 5.79. The highest BCUT2D eigenvalue weighted by Gasteiger charge is 2.44. The first-order valence-corrected chi connectivity index (χ1v) is 7.25. The molecule has 2 unspecified atom stereocenters. The van der Waals surface area contributed by atoms with Crippen molar-refractivity contribution in [3.8, 4) is 0 Å². The molecule has 0 spiro atoms. The number of rotatable bonds is 4. The first kappa shape index (κ1) is 15.0. The van der Waals surface area contributed by atoms with Crippen molar-refractivity contribution in [1.82, 2.24) is 29.5 Å². The van der Waals surface area contributed by atoms with E-state index in [-0.39, 0.29) is 0 Å². The maximum Gasteiger partial charge on any atom is 0.205 e. The number of H-pyrrole nitrogens is 1. The summed E-state index contributed by atoms with van der Waals surface area (Å²) >= 11 is 0. The molecule has 0 aliphatic carbocycles. The number of hydrogen-bond acceptors (Lipinski definition) is 9. The van der Waals surface area contributed by atoms with E-state index in [1.807, 2.05) is 0 Å². The van der Waals surface area contributed by atoms with Crippen molar-refractivity contribution in [2.45, 2.75) is 24.5 Å². The molecule has 0 aromatic carbocycles. The van der Waals surface area contributed by atoms with E-state index in [1.165, 1.54) is 17.2 Å². The van der Waals surface area contributed by atoms with Gasteiger partial charge in [0.1, 0.15) is 24.6 Å². The van der Waals surface area contributed by atoms with Gasteiger partial charge in [0.25, 0.3) is 0 Å². The molecule has 1 aliphatic heterocycles. The van der Waals surface area contributed by atoms with Gasteiger partial charge in [-0.1, -0.05) is 0 Å². The lowest BCUT2D eigenvalue weighted by Gasteiger charge is -2.16. The second-order valence-electron chi connectivity index (χ2n) is 5.34. The molecule has 24 heavy (non-hydrogen) atoms. The molecule has 0 amide bonds. The predicted molar refractivity (Wildman–Crippen MR) is 80.2 cm³/mol. The van der Waals surface area contributed by atoms with E-state index in [1.54, 1.807) is 12.4 Å². The standard InChI is InChI=1S/C13H15N7O4/c21-3-6-8(22)9(23)12(24-6)20-5-18-7-10(16-4-17-11(7)20)19-13-14-1-2-15-13/h1-2,4-6,8-9,12,21-23H,3H2,(H2,14,15,16,17,19)/t6-,8?,9?,12-/m1/s1. The fourth-order valence-corrected chi connectivity index (χ4v) is 2.69. The normalized spacial score (nSPS) is 27.0. The molecule has 0 saturated carbocycles. The Morgan fingerprint density at radius 1 is 1.21 bits per heavy atom. The SMILES string of the molecule is OC[C@H]1O[C@@H](n2cnc3c(Nc4ncc[nH]4)ncnc32)C(O)C1O. The summed E-state index contributed by atoms with van der Waals surface area (Å²) in [7, 11) is 0. The summed E-state index contributed by atoms with van der Waals surface area (Å²) in [5, 5.41) is 32.2. The molecular formula is C13H15N7O4. The number of nitrogens with one attached hydrogen (secondary N) is 2. The molecule has 3 aromatic heterocycles. The fourth-order valence-electron chi connectivity index (χ4n) is 2.69. The number of aromatic nitrogens is 6. The van der Waals surface area contributed by atoms with Gasteiger partial charge in [0.05, 0.1) is 12.9 Å². The lowest BCUT2D eigenvalue weighted by molar-refractivity contribution is -0.0511. The Hall–Kier alpha value is -2.60. The molecule has 126 valence electrons. The number of imidazole rings is 2. The molecular weight excluding hydrogens is 318 g/mol. The molecule has 1 saturated heterocycles. The van der Waals surface area contributed by atoms with Crippen LogP contribution in [0.3, 0.4) is 0 Å². The molecule has 3 aromatic rings. The lowest BCUT2D eigenvalue weighted by Crippen LogP contribution is -2.33. The molecule has 5 N–H and O–H groups in total. The number of hydrogen-bond donors (Lipinski definition) is 5. The van der Waals surface area contributed by atoms with Crippen LogP contribution in [0.2, 0.25) is 0 Å². The van der Waals surface area contributed by atoms with Crippen molar-refractivity contribution in [2.75, 3.05) is 11.9 Å². The molecule has 4 atom stereocenters. The largest absolute Gasteiger partial charge is 0.394 e. The van der Waals surface area contributed by atoms with Gasteiger partial charge in [-0.3, -0.25) is 4.57 Å². The summed E-state index contributed by atoms with van der Waals surface area (Å²) in [6, 6.07) is 0. The first-order valence-electron chi connectivity index (χ1n) is 7.25. The monoisotopic (exact) mass is 333 g/mol. The molecule has 11 nitrogen and oxygen atoms in total. The van der Waals surface area contributed by atoms with Crippen molar-refractivity contribution in [1.29, 1.82) is 0 Å². The summed E-state index contributed by atoms with van der Waals surface area (Å²) in [5.41, 5.74) is 0.862. The van der Waals surface area contributed by atoms with Crippen molar-refractivity contribution >= 4 is 22.9 Å². The third-order valence-electron chi connectivity index (χ3n) is 3.89. The number of nitrogens with zero attached hydrogens (tertiary/aromatic N) is 5. The minimum absolute atomic E-state index is 0.401. The van der Waals surface area contributed by atoms with Gasteiger partial charge in [-0.15, -0.1) is 0 Å². The highest BCUT2D eigenvalue weighted by molar-refractivity contribution is 5.84. The highest BCUT2D eigenvalue weighted by Crippen LogP contribution is 2.32. The van der Waals surface area contributed by atoms with Crippen LogP contribution in [0.1, 0.15) is 6.23 Å². The number of anilines is 2. The molecule has 0 bridgehead atoms. The average molecular weight is 333 g/mol. The van der Waals surface area contributed by atoms with Crippen LogP contribution in [0.25, 0.3) is 11.2 Å². The first-order chi connectivity index (χ1) is 11.7. The van der Waals surface area contributed by atoms with Gasteiger partial charge >= 0.3 is 0 Å². The minimum atomic E-state index is -1.21. The zero-order valence-corrected chi connectivity index (χ0v) is 12.3. The Morgan fingerprint density at radius 3 is 2.79 bits per heavy atom. The Balaban J connectivity index is 1.71. The van der Waals surface area contributed by atoms with Crippen LogP contribution < -0.4 is 5.32 Å². The lowest BCUT2D eigenvalue weighted by atomic mass is 10.1. The van der Waals surface area contributed by atoms with Crippen molar-refractivity contribution in [3.63, 3.8) is 0 Å². The molecule has 4 rings (SSSR count). The van der Waals surface area contributed by atoms with Gasteiger partial charge in [-0.2, -0.15) is 0 Å². The maximum absolute atomic E-state index is 10.2. The van der Waals surface area contributed by atoms with E-state index in [0.29, 0.717) is 22.9 Å². The zero-order chi connectivity index (χ0) is 16.7. The summed E-state index contributed by atoms with van der Waals surface area (Å²) < 4.78 is 7.00. The van der Waals surface area contributed by atoms with Crippen LogP contribution in [0.15, 0.2) is 25.0 Å². The van der Waals surface area contributed by atoms with E-state index in [2.05, 4.69) is 30.2 Å². The van der Waals surface area contributed by atoms with Crippen LogP contribution in [-0.4, -0.2) is 69.7 Å². The van der Waals surface area contributed by atoms with Gasteiger partial charge in [0.2, 0.25) is 5.95 Å². The van der Waals surface area contributed by atoms with Gasteiger partial charge in [0, 0.05) is 12.4 Å². The molecule has 4 heterocycles. The summed E-state index contributed by atoms with van der Waals surface area (Å²) in [5.74, 6) is 0.929.